The van der Waals surface area contributed by atoms with Crippen molar-refractivity contribution in [1.82, 2.24) is 14.7 Å². The van der Waals surface area contributed by atoms with E-state index in [4.69, 9.17) is 9.47 Å². The summed E-state index contributed by atoms with van der Waals surface area (Å²) in [6, 6.07) is 7.05. The first-order chi connectivity index (χ1) is 14.1. The lowest BCUT2D eigenvalue weighted by molar-refractivity contribution is -0.302. The Labute approximate surface area is 166 Å². The molecule has 2 aliphatic rings. The first kappa shape index (κ1) is 20.5. The van der Waals surface area contributed by atoms with Crippen LogP contribution < -0.4 is 4.74 Å². The second-order valence-corrected chi connectivity index (χ2v) is 6.81. The highest BCUT2D eigenvalue weighted by Gasteiger charge is 2.76. The highest BCUT2D eigenvalue weighted by atomic mass is 19.4. The van der Waals surface area contributed by atoms with Crippen LogP contribution in [0.15, 0.2) is 35.3 Å². The molecule has 1 fully saturated rings. The average Bonchev–Trinajstić information content (AvgIpc) is 3.04. The Morgan fingerprint density at radius 2 is 1.57 bits per heavy atom. The van der Waals surface area contributed by atoms with E-state index in [0.29, 0.717) is 0 Å². The Morgan fingerprint density at radius 3 is 2.13 bits per heavy atom. The number of hydrogen-bond acceptors (Lipinski definition) is 5. The minimum absolute atomic E-state index is 0.0401. The summed E-state index contributed by atoms with van der Waals surface area (Å²) in [7, 11) is 0. The number of halogens is 6. The molecule has 12 heteroatoms. The second kappa shape index (κ2) is 6.89. The summed E-state index contributed by atoms with van der Waals surface area (Å²) >= 11 is 0. The number of amidine groups is 1. The summed E-state index contributed by atoms with van der Waals surface area (Å²) in [5, 5.41) is 3.94. The highest BCUT2D eigenvalue weighted by molar-refractivity contribution is 5.80. The van der Waals surface area contributed by atoms with Gasteiger partial charge in [-0.3, -0.25) is 0 Å². The van der Waals surface area contributed by atoms with Crippen molar-refractivity contribution < 1.29 is 35.8 Å². The Bertz CT molecular complexity index is 948. The molecule has 0 spiro atoms. The number of aliphatic imine (C=N–C) groups is 1. The Morgan fingerprint density at radius 1 is 0.967 bits per heavy atom. The summed E-state index contributed by atoms with van der Waals surface area (Å²) in [5.74, 6) is -0.662. The van der Waals surface area contributed by atoms with Gasteiger partial charge in [-0.05, 0) is 19.1 Å². The number of ether oxygens (including phenoxy) is 2. The van der Waals surface area contributed by atoms with Gasteiger partial charge in [0.1, 0.15) is 0 Å². The molecule has 30 heavy (non-hydrogen) atoms. The number of fused-ring (bicyclic) bond motifs is 1. The van der Waals surface area contributed by atoms with E-state index in [0.717, 1.165) is 11.6 Å². The van der Waals surface area contributed by atoms with Crippen molar-refractivity contribution >= 4 is 6.02 Å². The van der Waals surface area contributed by atoms with Crippen molar-refractivity contribution in [2.45, 2.75) is 24.8 Å². The molecule has 162 valence electrons. The van der Waals surface area contributed by atoms with Gasteiger partial charge >= 0.3 is 12.4 Å². The van der Waals surface area contributed by atoms with E-state index in [9.17, 15) is 26.3 Å². The smallest absolute Gasteiger partial charge is 0.406 e. The molecular formula is C18H16F6N4O2. The van der Waals surface area contributed by atoms with Gasteiger partial charge < -0.3 is 14.4 Å². The zero-order chi connectivity index (χ0) is 21.7. The topological polar surface area (TPSA) is 51.9 Å². The van der Waals surface area contributed by atoms with Crippen LogP contribution in [0.3, 0.4) is 0 Å². The summed E-state index contributed by atoms with van der Waals surface area (Å²) in [6.07, 6.45) is -11.6. The molecular weight excluding hydrogens is 418 g/mol. The molecule has 0 bridgehead atoms. The van der Waals surface area contributed by atoms with Gasteiger partial charge in [-0.2, -0.15) is 31.4 Å². The monoisotopic (exact) mass is 434 g/mol. The predicted octanol–water partition coefficient (Wildman–Crippen LogP) is 3.58. The number of morpholine rings is 1. The molecule has 6 nitrogen and oxygen atoms in total. The number of alkyl halides is 6. The highest BCUT2D eigenvalue weighted by Crippen LogP contribution is 2.58. The molecule has 2 aliphatic heterocycles. The molecule has 4 rings (SSSR count). The molecule has 3 heterocycles. The number of para-hydroxylation sites is 1. The van der Waals surface area contributed by atoms with Crippen LogP contribution in [0.1, 0.15) is 11.3 Å². The van der Waals surface area contributed by atoms with Crippen molar-refractivity contribution in [3.63, 3.8) is 0 Å². The lowest BCUT2D eigenvalue weighted by atomic mass is 9.88. The summed E-state index contributed by atoms with van der Waals surface area (Å²) in [6.45, 7) is 1.40. The van der Waals surface area contributed by atoms with Crippen LogP contribution in [0.2, 0.25) is 0 Å². The predicted molar refractivity (Wildman–Crippen MR) is 92.5 cm³/mol. The van der Waals surface area contributed by atoms with E-state index in [1.54, 1.807) is 18.2 Å². The fraction of sp³-hybridized carbons (Fsp3) is 0.444. The maximum atomic E-state index is 14.1. The first-order valence-corrected chi connectivity index (χ1v) is 8.95. The minimum atomic E-state index is -5.78. The zero-order valence-electron chi connectivity index (χ0n) is 15.6. The third-order valence-corrected chi connectivity index (χ3v) is 4.93. The van der Waals surface area contributed by atoms with Gasteiger partial charge in [0.25, 0.3) is 11.6 Å². The molecule has 0 atom stereocenters. The number of hydrogen-bond donors (Lipinski definition) is 0. The van der Waals surface area contributed by atoms with E-state index in [2.05, 4.69) is 10.1 Å². The van der Waals surface area contributed by atoms with Crippen LogP contribution in [-0.2, 0) is 10.3 Å². The molecule has 0 amide bonds. The normalized spacial score (nSPS) is 19.2. The van der Waals surface area contributed by atoms with E-state index >= 15 is 0 Å². The van der Waals surface area contributed by atoms with Crippen molar-refractivity contribution in [3.8, 4) is 11.6 Å². The van der Waals surface area contributed by atoms with Gasteiger partial charge in [-0.25, -0.2) is 9.67 Å². The van der Waals surface area contributed by atoms with Crippen molar-refractivity contribution in [3.05, 3.63) is 41.6 Å². The maximum Gasteiger partial charge on any atom is 0.427 e. The Kier molecular flexibility index (Phi) is 4.71. The molecule has 0 radical (unpaired) electrons. The second-order valence-electron chi connectivity index (χ2n) is 6.81. The lowest BCUT2D eigenvalue weighted by Crippen LogP contribution is -2.57. The van der Waals surface area contributed by atoms with Gasteiger partial charge in [0.05, 0.1) is 30.2 Å². The van der Waals surface area contributed by atoms with Crippen LogP contribution in [-0.4, -0.2) is 59.4 Å². The number of aromatic nitrogens is 2. The van der Waals surface area contributed by atoms with Crippen LogP contribution in [0.5, 0.6) is 5.88 Å². The third kappa shape index (κ3) is 3.01. The molecule has 0 saturated carbocycles. The number of aryl methyl sites for hydroxylation is 1. The number of nitrogens with zero attached hydrogens (tertiary/aromatic N) is 4. The zero-order valence-corrected chi connectivity index (χ0v) is 15.6. The molecule has 0 unspecified atom stereocenters. The summed E-state index contributed by atoms with van der Waals surface area (Å²) < 4.78 is 96.5. The average molecular weight is 434 g/mol. The van der Waals surface area contributed by atoms with Gasteiger partial charge in [-0.15, -0.1) is 0 Å². The fourth-order valence-corrected chi connectivity index (χ4v) is 3.53. The molecule has 0 aliphatic carbocycles. The van der Waals surface area contributed by atoms with Crippen LogP contribution >= 0.6 is 0 Å². The molecule has 1 saturated heterocycles. The standard InChI is InChI=1S/C18H16F6N4O2/c1-11-13-14(28(26-11)12-5-3-2-4-6-12)30-15(27-7-9-29-10-8-27)25-16(13,17(19,20)21)18(22,23)24/h2-6H,7-10H2,1H3. The van der Waals surface area contributed by atoms with E-state index < -0.39 is 41.1 Å². The quantitative estimate of drug-likeness (QED) is 0.644. The maximum absolute atomic E-state index is 14.1. The third-order valence-electron chi connectivity index (χ3n) is 4.93. The van der Waals surface area contributed by atoms with Crippen LogP contribution in [0.25, 0.3) is 5.69 Å². The van der Waals surface area contributed by atoms with Gasteiger partial charge in [0.2, 0.25) is 5.88 Å². The Hall–Kier alpha value is -2.76. The van der Waals surface area contributed by atoms with Crippen molar-refractivity contribution in [2.24, 2.45) is 4.99 Å². The fourth-order valence-electron chi connectivity index (χ4n) is 3.53. The SMILES string of the molecule is Cc1nn(-c2ccccc2)c2c1C(C(F)(F)F)(C(F)(F)F)N=C(N1CCOCC1)O2. The van der Waals surface area contributed by atoms with Gasteiger partial charge in [0.15, 0.2) is 0 Å². The lowest BCUT2D eigenvalue weighted by Gasteiger charge is -2.39. The van der Waals surface area contributed by atoms with Gasteiger partial charge in [0, 0.05) is 13.1 Å². The molecule has 0 N–H and O–H groups in total. The Balaban J connectivity index is 2.00. The summed E-state index contributed by atoms with van der Waals surface area (Å²) in [4.78, 5) is 4.35. The minimum Gasteiger partial charge on any atom is -0.406 e. The van der Waals surface area contributed by atoms with Crippen molar-refractivity contribution in [1.29, 1.82) is 0 Å². The van der Waals surface area contributed by atoms with Crippen LogP contribution in [0.4, 0.5) is 26.3 Å². The van der Waals surface area contributed by atoms with E-state index in [1.165, 1.54) is 17.0 Å². The summed E-state index contributed by atoms with van der Waals surface area (Å²) in [5.41, 5.74) is -5.89. The van der Waals surface area contributed by atoms with E-state index in [1.807, 2.05) is 0 Å². The number of rotatable bonds is 1. The first-order valence-electron chi connectivity index (χ1n) is 8.95. The molecule has 1 aromatic heterocycles. The van der Waals surface area contributed by atoms with Crippen molar-refractivity contribution in [2.75, 3.05) is 26.3 Å². The van der Waals surface area contributed by atoms with Crippen LogP contribution in [0, 0.1) is 6.92 Å². The number of benzene rings is 1. The largest absolute Gasteiger partial charge is 0.427 e. The van der Waals surface area contributed by atoms with Gasteiger partial charge in [-0.1, -0.05) is 18.2 Å². The van der Waals surface area contributed by atoms with E-state index in [-0.39, 0.29) is 32.0 Å². The molecule has 2 aromatic rings. The molecule has 1 aromatic carbocycles.